The summed E-state index contributed by atoms with van der Waals surface area (Å²) in [6.07, 6.45) is 7.59. The van der Waals surface area contributed by atoms with E-state index in [9.17, 15) is 0 Å². The lowest BCUT2D eigenvalue weighted by atomic mass is 10.1. The highest BCUT2D eigenvalue weighted by Crippen LogP contribution is 2.34. The van der Waals surface area contributed by atoms with Crippen LogP contribution in [0.15, 0.2) is 42.7 Å². The molecule has 6 nitrogen and oxygen atoms in total. The molecule has 6 heteroatoms. The molecule has 2 atom stereocenters. The van der Waals surface area contributed by atoms with Gasteiger partial charge >= 0.3 is 0 Å². The van der Waals surface area contributed by atoms with Crippen LogP contribution < -0.4 is 0 Å². The monoisotopic (exact) mass is 334 g/mol. The van der Waals surface area contributed by atoms with E-state index in [1.165, 1.54) is 18.4 Å². The first kappa shape index (κ1) is 14.8. The number of hydrogen-bond donors (Lipinski definition) is 0. The average molecular weight is 334 g/mol. The van der Waals surface area contributed by atoms with Crippen molar-refractivity contribution in [2.75, 3.05) is 0 Å². The second kappa shape index (κ2) is 5.81. The quantitative estimate of drug-likeness (QED) is 0.737. The molecular weight excluding hydrogens is 312 g/mol. The Kier molecular flexibility index (Phi) is 3.45. The molecule has 0 N–H and O–H groups in total. The lowest BCUT2D eigenvalue weighted by molar-refractivity contribution is 0.180. The third kappa shape index (κ3) is 2.57. The van der Waals surface area contributed by atoms with Crippen molar-refractivity contribution in [2.45, 2.75) is 44.4 Å². The number of fused-ring (bicyclic) bond motifs is 3. The Hall–Kier alpha value is -2.47. The Morgan fingerprint density at radius 3 is 2.72 bits per heavy atom. The average Bonchev–Trinajstić information content (AvgIpc) is 3.28. The van der Waals surface area contributed by atoms with E-state index in [0.29, 0.717) is 12.1 Å². The van der Waals surface area contributed by atoms with E-state index in [1.807, 2.05) is 24.0 Å². The minimum atomic E-state index is 0.546. The summed E-state index contributed by atoms with van der Waals surface area (Å²) < 4.78 is 4.23. The molecule has 2 aliphatic rings. The number of nitrogens with zero attached hydrogens (tertiary/aromatic N) is 6. The van der Waals surface area contributed by atoms with Crippen molar-refractivity contribution in [3.05, 3.63) is 54.1 Å². The largest absolute Gasteiger partial charge is 0.309 e. The first-order valence-electron chi connectivity index (χ1n) is 8.99. The zero-order valence-corrected chi connectivity index (χ0v) is 14.4. The standard InChI is InChI=1S/C19H22N6/c1-23-11-14(10-20-23)12-24-16-7-8-17(24)13-25-18(9-16)21-22-19(25)15-5-3-2-4-6-15/h2-6,10-11,16-17H,7-9,12-13H2,1H3. The van der Waals surface area contributed by atoms with Crippen molar-refractivity contribution in [1.29, 1.82) is 0 Å². The van der Waals surface area contributed by atoms with E-state index < -0.39 is 0 Å². The lowest BCUT2D eigenvalue weighted by Gasteiger charge is -2.27. The van der Waals surface area contributed by atoms with Crippen molar-refractivity contribution in [3.63, 3.8) is 0 Å². The van der Waals surface area contributed by atoms with Gasteiger partial charge in [-0.2, -0.15) is 5.10 Å². The maximum atomic E-state index is 4.53. The van der Waals surface area contributed by atoms with Gasteiger partial charge in [-0.25, -0.2) is 0 Å². The molecule has 1 fully saturated rings. The van der Waals surface area contributed by atoms with Crippen LogP contribution in [0, 0.1) is 0 Å². The summed E-state index contributed by atoms with van der Waals surface area (Å²) in [4.78, 5) is 2.65. The summed E-state index contributed by atoms with van der Waals surface area (Å²) in [5, 5.41) is 13.3. The molecule has 2 bridgehead atoms. The maximum absolute atomic E-state index is 4.53. The molecule has 0 amide bonds. The van der Waals surface area contributed by atoms with Crippen LogP contribution >= 0.6 is 0 Å². The number of rotatable bonds is 3. The van der Waals surface area contributed by atoms with Crippen LogP contribution in [0.3, 0.4) is 0 Å². The zero-order valence-electron chi connectivity index (χ0n) is 14.4. The topological polar surface area (TPSA) is 51.8 Å². The molecule has 1 saturated heterocycles. The molecule has 0 spiro atoms. The predicted octanol–water partition coefficient (Wildman–Crippen LogP) is 2.27. The minimum Gasteiger partial charge on any atom is -0.309 e. The SMILES string of the molecule is Cn1cc(CN2C3CCC2Cn2c(nnc2-c2ccccc2)C3)cn1. The number of hydrogen-bond acceptors (Lipinski definition) is 4. The van der Waals surface area contributed by atoms with Crippen LogP contribution in [0.2, 0.25) is 0 Å². The van der Waals surface area contributed by atoms with Crippen LogP contribution in [0.25, 0.3) is 11.4 Å². The van der Waals surface area contributed by atoms with Crippen molar-refractivity contribution in [3.8, 4) is 11.4 Å². The van der Waals surface area contributed by atoms with Gasteiger partial charge < -0.3 is 4.57 Å². The fourth-order valence-corrected chi connectivity index (χ4v) is 4.35. The summed E-state index contributed by atoms with van der Waals surface area (Å²) in [6.45, 7) is 1.95. The molecule has 2 unspecified atom stereocenters. The third-order valence-corrected chi connectivity index (χ3v) is 5.57. The van der Waals surface area contributed by atoms with Crippen molar-refractivity contribution in [2.24, 2.45) is 7.05 Å². The second-order valence-corrected chi connectivity index (χ2v) is 7.20. The molecule has 4 heterocycles. The number of benzene rings is 1. The van der Waals surface area contributed by atoms with E-state index in [4.69, 9.17) is 0 Å². The minimum absolute atomic E-state index is 0.546. The van der Waals surface area contributed by atoms with Crippen molar-refractivity contribution < 1.29 is 0 Å². The Morgan fingerprint density at radius 2 is 1.92 bits per heavy atom. The smallest absolute Gasteiger partial charge is 0.164 e. The van der Waals surface area contributed by atoms with Gasteiger partial charge in [0.05, 0.1) is 6.20 Å². The summed E-state index contributed by atoms with van der Waals surface area (Å²) in [6, 6.07) is 11.5. The van der Waals surface area contributed by atoms with Gasteiger partial charge in [0.2, 0.25) is 0 Å². The van der Waals surface area contributed by atoms with E-state index >= 15 is 0 Å². The predicted molar refractivity (Wildman–Crippen MR) is 94.7 cm³/mol. The first-order valence-corrected chi connectivity index (χ1v) is 8.99. The van der Waals surface area contributed by atoms with E-state index in [1.54, 1.807) is 0 Å². The van der Waals surface area contributed by atoms with Crippen LogP contribution in [-0.2, 0) is 26.6 Å². The highest BCUT2D eigenvalue weighted by molar-refractivity contribution is 5.55. The van der Waals surface area contributed by atoms with Gasteiger partial charge in [-0.1, -0.05) is 30.3 Å². The fourth-order valence-electron chi connectivity index (χ4n) is 4.35. The molecule has 0 aliphatic carbocycles. The van der Waals surface area contributed by atoms with Gasteiger partial charge in [0.25, 0.3) is 0 Å². The highest BCUT2D eigenvalue weighted by atomic mass is 15.3. The molecule has 128 valence electrons. The maximum Gasteiger partial charge on any atom is 0.164 e. The lowest BCUT2D eigenvalue weighted by Crippen LogP contribution is -2.36. The van der Waals surface area contributed by atoms with Crippen LogP contribution in [0.1, 0.15) is 24.2 Å². The third-order valence-electron chi connectivity index (χ3n) is 5.57. The Bertz CT molecular complexity index is 880. The van der Waals surface area contributed by atoms with Gasteiger partial charge in [-0.15, -0.1) is 10.2 Å². The van der Waals surface area contributed by atoms with E-state index in [0.717, 1.165) is 36.7 Å². The normalized spacial score (nSPS) is 22.8. The summed E-state index contributed by atoms with van der Waals surface area (Å²) >= 11 is 0. The van der Waals surface area contributed by atoms with Crippen molar-refractivity contribution in [1.82, 2.24) is 29.4 Å². The molecule has 0 radical (unpaired) electrons. The highest BCUT2D eigenvalue weighted by Gasteiger charge is 2.38. The van der Waals surface area contributed by atoms with Crippen LogP contribution in [-0.4, -0.2) is 41.5 Å². The summed E-state index contributed by atoms with van der Waals surface area (Å²) in [7, 11) is 1.98. The number of aryl methyl sites for hydroxylation is 1. The molecule has 0 saturated carbocycles. The van der Waals surface area contributed by atoms with E-state index in [2.05, 4.69) is 55.2 Å². The van der Waals surface area contributed by atoms with Gasteiger partial charge in [0.15, 0.2) is 5.82 Å². The molecule has 25 heavy (non-hydrogen) atoms. The summed E-state index contributed by atoms with van der Waals surface area (Å²) in [5.41, 5.74) is 2.44. The zero-order chi connectivity index (χ0) is 16.8. The van der Waals surface area contributed by atoms with Gasteiger partial charge in [-0.05, 0) is 12.8 Å². The van der Waals surface area contributed by atoms with Crippen LogP contribution in [0.4, 0.5) is 0 Å². The Morgan fingerprint density at radius 1 is 1.08 bits per heavy atom. The Labute approximate surface area is 147 Å². The Balaban J connectivity index is 1.46. The molecule has 5 rings (SSSR count). The van der Waals surface area contributed by atoms with Crippen molar-refractivity contribution >= 4 is 0 Å². The molecular formula is C19H22N6. The molecule has 3 aromatic rings. The van der Waals surface area contributed by atoms with Gasteiger partial charge in [0, 0.05) is 56.0 Å². The fraction of sp³-hybridized carbons (Fsp3) is 0.421. The van der Waals surface area contributed by atoms with E-state index in [-0.39, 0.29) is 0 Å². The second-order valence-electron chi connectivity index (χ2n) is 7.20. The number of aromatic nitrogens is 5. The van der Waals surface area contributed by atoms with Gasteiger partial charge in [-0.3, -0.25) is 9.58 Å². The van der Waals surface area contributed by atoms with Crippen LogP contribution in [0.5, 0.6) is 0 Å². The first-order chi connectivity index (χ1) is 12.3. The van der Waals surface area contributed by atoms with Gasteiger partial charge in [0.1, 0.15) is 5.82 Å². The molecule has 2 aromatic heterocycles. The summed E-state index contributed by atoms with van der Waals surface area (Å²) in [5.74, 6) is 2.13. The molecule has 1 aromatic carbocycles. The molecule has 2 aliphatic heterocycles.